The van der Waals surface area contributed by atoms with Gasteiger partial charge in [-0.05, 0) is 62.3 Å². The standard InChI is InChI=1S/C17H24O2/c1-13(18-16-8-3-2-4-9-16)19-17-11-10-14-6-5-7-15(14)12-17/h10-13,16H,2-9H2,1H3. The maximum atomic E-state index is 5.99. The minimum absolute atomic E-state index is 0.137. The summed E-state index contributed by atoms with van der Waals surface area (Å²) in [7, 11) is 0. The van der Waals surface area contributed by atoms with Crippen molar-refractivity contribution in [1.29, 1.82) is 0 Å². The molecular weight excluding hydrogens is 236 g/mol. The summed E-state index contributed by atoms with van der Waals surface area (Å²) in [4.78, 5) is 0. The van der Waals surface area contributed by atoms with Gasteiger partial charge in [0.25, 0.3) is 0 Å². The maximum Gasteiger partial charge on any atom is 0.197 e. The lowest BCUT2D eigenvalue weighted by Gasteiger charge is -2.26. The third-order valence-electron chi connectivity index (χ3n) is 4.31. The van der Waals surface area contributed by atoms with Gasteiger partial charge in [-0.15, -0.1) is 0 Å². The van der Waals surface area contributed by atoms with Gasteiger partial charge in [0.2, 0.25) is 0 Å². The maximum absolute atomic E-state index is 5.99. The van der Waals surface area contributed by atoms with Gasteiger partial charge in [0.15, 0.2) is 6.29 Å². The fourth-order valence-electron chi connectivity index (χ4n) is 3.31. The van der Waals surface area contributed by atoms with Crippen molar-refractivity contribution >= 4 is 0 Å². The molecule has 19 heavy (non-hydrogen) atoms. The van der Waals surface area contributed by atoms with Gasteiger partial charge in [0, 0.05) is 0 Å². The Labute approximate surface area is 116 Å². The van der Waals surface area contributed by atoms with E-state index in [0.29, 0.717) is 6.10 Å². The summed E-state index contributed by atoms with van der Waals surface area (Å²) in [6.45, 7) is 2.02. The van der Waals surface area contributed by atoms with Crippen LogP contribution in [0.3, 0.4) is 0 Å². The Morgan fingerprint density at radius 3 is 2.63 bits per heavy atom. The SMILES string of the molecule is CC(Oc1ccc2c(c1)CCC2)OC1CCCCC1. The number of fused-ring (bicyclic) bond motifs is 1. The fourth-order valence-corrected chi connectivity index (χ4v) is 3.31. The van der Waals surface area contributed by atoms with Crippen LogP contribution in [0, 0.1) is 0 Å². The molecule has 2 aliphatic carbocycles. The highest BCUT2D eigenvalue weighted by Gasteiger charge is 2.18. The first-order chi connectivity index (χ1) is 9.31. The third kappa shape index (κ3) is 3.30. The second-order valence-corrected chi connectivity index (χ2v) is 5.87. The van der Waals surface area contributed by atoms with Crippen LogP contribution in [-0.2, 0) is 17.6 Å². The summed E-state index contributed by atoms with van der Waals surface area (Å²) in [5.74, 6) is 0.962. The first kappa shape index (κ1) is 13.0. The number of hydrogen-bond acceptors (Lipinski definition) is 2. The molecule has 0 aliphatic heterocycles. The molecule has 2 nitrogen and oxygen atoms in total. The van der Waals surface area contributed by atoms with Crippen LogP contribution in [0.25, 0.3) is 0 Å². The second kappa shape index (κ2) is 5.96. The van der Waals surface area contributed by atoms with Crippen molar-refractivity contribution in [2.75, 3.05) is 0 Å². The molecule has 1 saturated carbocycles. The van der Waals surface area contributed by atoms with Crippen LogP contribution in [0.15, 0.2) is 18.2 Å². The summed E-state index contributed by atoms with van der Waals surface area (Å²) in [6, 6.07) is 6.50. The van der Waals surface area contributed by atoms with Crippen molar-refractivity contribution in [2.45, 2.75) is 70.7 Å². The van der Waals surface area contributed by atoms with E-state index in [1.54, 1.807) is 0 Å². The van der Waals surface area contributed by atoms with Crippen LogP contribution in [-0.4, -0.2) is 12.4 Å². The van der Waals surface area contributed by atoms with E-state index in [1.165, 1.54) is 62.5 Å². The van der Waals surface area contributed by atoms with Gasteiger partial charge < -0.3 is 9.47 Å². The lowest BCUT2D eigenvalue weighted by molar-refractivity contribution is -0.116. The Hall–Kier alpha value is -1.02. The van der Waals surface area contributed by atoms with Gasteiger partial charge in [-0.25, -0.2) is 0 Å². The quantitative estimate of drug-likeness (QED) is 0.753. The van der Waals surface area contributed by atoms with Crippen LogP contribution >= 0.6 is 0 Å². The van der Waals surface area contributed by atoms with E-state index in [4.69, 9.17) is 9.47 Å². The number of aryl methyl sites for hydroxylation is 2. The minimum Gasteiger partial charge on any atom is -0.465 e. The van der Waals surface area contributed by atoms with Gasteiger partial charge >= 0.3 is 0 Å². The van der Waals surface area contributed by atoms with Crippen LogP contribution in [0.1, 0.15) is 56.6 Å². The molecule has 0 aromatic heterocycles. The summed E-state index contributed by atoms with van der Waals surface area (Å²) < 4.78 is 11.9. The van der Waals surface area contributed by atoms with Crippen molar-refractivity contribution in [3.63, 3.8) is 0 Å². The van der Waals surface area contributed by atoms with Crippen LogP contribution in [0.4, 0.5) is 0 Å². The molecule has 2 aliphatic rings. The summed E-state index contributed by atoms with van der Waals surface area (Å²) in [5.41, 5.74) is 2.95. The monoisotopic (exact) mass is 260 g/mol. The predicted octanol–water partition coefficient (Wildman–Crippen LogP) is 4.25. The Morgan fingerprint density at radius 1 is 1.00 bits per heavy atom. The third-order valence-corrected chi connectivity index (χ3v) is 4.31. The van der Waals surface area contributed by atoms with E-state index >= 15 is 0 Å². The zero-order valence-electron chi connectivity index (χ0n) is 11.9. The average molecular weight is 260 g/mol. The molecule has 0 spiro atoms. The molecule has 0 amide bonds. The Bertz CT molecular complexity index is 421. The molecule has 0 heterocycles. The lowest BCUT2D eigenvalue weighted by atomic mass is 9.98. The molecule has 3 rings (SSSR count). The lowest BCUT2D eigenvalue weighted by Crippen LogP contribution is -2.26. The van der Waals surface area contributed by atoms with E-state index in [1.807, 2.05) is 6.92 Å². The molecule has 1 fully saturated rings. The molecule has 2 heteroatoms. The largest absolute Gasteiger partial charge is 0.465 e. The number of ether oxygens (including phenoxy) is 2. The number of hydrogen-bond donors (Lipinski definition) is 0. The van der Waals surface area contributed by atoms with Crippen molar-refractivity contribution in [3.05, 3.63) is 29.3 Å². The van der Waals surface area contributed by atoms with Crippen molar-refractivity contribution < 1.29 is 9.47 Å². The second-order valence-electron chi connectivity index (χ2n) is 5.87. The van der Waals surface area contributed by atoms with Gasteiger partial charge in [0.05, 0.1) is 6.10 Å². The van der Waals surface area contributed by atoms with E-state index in [0.717, 1.165) is 5.75 Å². The molecule has 0 saturated heterocycles. The predicted molar refractivity (Wildman–Crippen MR) is 76.5 cm³/mol. The fraction of sp³-hybridized carbons (Fsp3) is 0.647. The number of benzene rings is 1. The van der Waals surface area contributed by atoms with Gasteiger partial charge in [-0.1, -0.05) is 25.3 Å². The normalized spacial score (nSPS) is 21.1. The summed E-state index contributed by atoms with van der Waals surface area (Å²) >= 11 is 0. The molecule has 1 atom stereocenters. The highest BCUT2D eigenvalue weighted by atomic mass is 16.7. The van der Waals surface area contributed by atoms with E-state index in [-0.39, 0.29) is 6.29 Å². The van der Waals surface area contributed by atoms with E-state index in [9.17, 15) is 0 Å². The van der Waals surface area contributed by atoms with Crippen molar-refractivity contribution in [3.8, 4) is 5.75 Å². The Morgan fingerprint density at radius 2 is 1.79 bits per heavy atom. The summed E-state index contributed by atoms with van der Waals surface area (Å²) in [6.07, 6.45) is 10.3. The van der Waals surface area contributed by atoms with E-state index < -0.39 is 0 Å². The Balaban J connectivity index is 1.55. The van der Waals surface area contributed by atoms with Gasteiger partial charge in [-0.2, -0.15) is 0 Å². The van der Waals surface area contributed by atoms with Gasteiger partial charge in [0.1, 0.15) is 5.75 Å². The number of rotatable bonds is 4. The average Bonchev–Trinajstić information content (AvgIpc) is 2.87. The van der Waals surface area contributed by atoms with E-state index in [2.05, 4.69) is 18.2 Å². The highest BCUT2D eigenvalue weighted by molar-refractivity contribution is 5.38. The minimum atomic E-state index is -0.137. The zero-order chi connectivity index (χ0) is 13.1. The van der Waals surface area contributed by atoms with Crippen LogP contribution in [0.2, 0.25) is 0 Å². The first-order valence-corrected chi connectivity index (χ1v) is 7.75. The van der Waals surface area contributed by atoms with Crippen LogP contribution < -0.4 is 4.74 Å². The molecule has 0 N–H and O–H groups in total. The molecule has 104 valence electrons. The highest BCUT2D eigenvalue weighted by Crippen LogP contribution is 2.27. The molecule has 0 bridgehead atoms. The molecule has 0 radical (unpaired) electrons. The summed E-state index contributed by atoms with van der Waals surface area (Å²) in [5, 5.41) is 0. The molecule has 1 aromatic rings. The first-order valence-electron chi connectivity index (χ1n) is 7.75. The van der Waals surface area contributed by atoms with Crippen molar-refractivity contribution in [1.82, 2.24) is 0 Å². The Kier molecular flexibility index (Phi) is 4.07. The topological polar surface area (TPSA) is 18.5 Å². The zero-order valence-corrected chi connectivity index (χ0v) is 11.9. The van der Waals surface area contributed by atoms with Crippen molar-refractivity contribution in [2.24, 2.45) is 0 Å². The van der Waals surface area contributed by atoms with Crippen LogP contribution in [0.5, 0.6) is 5.75 Å². The molecular formula is C17H24O2. The molecule has 1 aromatic carbocycles. The smallest absolute Gasteiger partial charge is 0.197 e. The molecule has 1 unspecified atom stereocenters. The van der Waals surface area contributed by atoms with Gasteiger partial charge in [-0.3, -0.25) is 0 Å².